The molecule has 110 valence electrons. The molecule has 1 atom stereocenters. The van der Waals surface area contributed by atoms with Gasteiger partial charge in [0.25, 0.3) is 0 Å². The third-order valence-corrected chi connectivity index (χ3v) is 2.77. The number of carbonyl (C=O) groups is 2. The minimum absolute atomic E-state index is 0.0215. The average molecular weight is 270 g/mol. The Morgan fingerprint density at radius 2 is 1.84 bits per heavy atom. The highest BCUT2D eigenvalue weighted by molar-refractivity contribution is 5.87. The molecule has 0 bridgehead atoms. The molecule has 0 aromatic rings. The number of methoxy groups -OCH3 is 1. The van der Waals surface area contributed by atoms with Gasteiger partial charge in [-0.3, -0.25) is 4.79 Å². The molecule has 0 saturated carbocycles. The van der Waals surface area contributed by atoms with Crippen LogP contribution < -0.4 is 0 Å². The van der Waals surface area contributed by atoms with Crippen molar-refractivity contribution in [1.29, 1.82) is 0 Å². The van der Waals surface area contributed by atoms with Crippen molar-refractivity contribution in [3.63, 3.8) is 0 Å². The first kappa shape index (κ1) is 17.7. The van der Waals surface area contributed by atoms with Crippen LogP contribution in [0.1, 0.15) is 46.5 Å². The number of rotatable bonds is 9. The number of hydrogen-bond acceptors (Lipinski definition) is 4. The Hall–Kier alpha value is -1.32. The molecule has 0 aliphatic heterocycles. The Kier molecular flexibility index (Phi) is 8.92. The fourth-order valence-corrected chi connectivity index (χ4v) is 1.84. The summed E-state index contributed by atoms with van der Waals surface area (Å²) in [5, 5.41) is 0. The molecule has 0 heterocycles. The summed E-state index contributed by atoms with van der Waals surface area (Å²) in [6, 6.07) is 0. The monoisotopic (exact) mass is 270 g/mol. The minimum Gasteiger partial charge on any atom is -0.469 e. The quantitative estimate of drug-likeness (QED) is 0.477. The molecule has 0 fully saturated rings. The van der Waals surface area contributed by atoms with Crippen LogP contribution in [-0.2, 0) is 19.1 Å². The van der Waals surface area contributed by atoms with Crippen LogP contribution in [0.2, 0.25) is 0 Å². The molecule has 4 heteroatoms. The van der Waals surface area contributed by atoms with Crippen LogP contribution in [-0.4, -0.2) is 25.7 Å². The zero-order chi connectivity index (χ0) is 14.8. The molecule has 1 unspecified atom stereocenters. The summed E-state index contributed by atoms with van der Waals surface area (Å²) in [4.78, 5) is 22.9. The fourth-order valence-electron chi connectivity index (χ4n) is 1.84. The van der Waals surface area contributed by atoms with Crippen LogP contribution in [0, 0.1) is 11.8 Å². The third-order valence-electron chi connectivity index (χ3n) is 2.77. The lowest BCUT2D eigenvalue weighted by Gasteiger charge is -2.16. The highest BCUT2D eigenvalue weighted by Gasteiger charge is 2.17. The first-order chi connectivity index (χ1) is 8.90. The molecular formula is C15H26O4. The molecule has 19 heavy (non-hydrogen) atoms. The van der Waals surface area contributed by atoms with Crippen molar-refractivity contribution in [2.75, 3.05) is 13.7 Å². The van der Waals surface area contributed by atoms with Crippen molar-refractivity contribution in [1.82, 2.24) is 0 Å². The largest absolute Gasteiger partial charge is 0.469 e. The van der Waals surface area contributed by atoms with Crippen molar-refractivity contribution < 1.29 is 19.1 Å². The second-order valence-electron chi connectivity index (χ2n) is 5.23. The van der Waals surface area contributed by atoms with E-state index in [9.17, 15) is 9.59 Å². The van der Waals surface area contributed by atoms with Gasteiger partial charge in [0.15, 0.2) is 0 Å². The maximum Gasteiger partial charge on any atom is 0.333 e. The van der Waals surface area contributed by atoms with E-state index in [4.69, 9.17) is 4.74 Å². The standard InChI is InChI=1S/C15H26O4/c1-6-7-13(9-14(16)18-5)10-19-15(17)12(4)8-11(2)3/h11,13H,4,6-10H2,1-3,5H3. The Morgan fingerprint density at radius 1 is 1.21 bits per heavy atom. The Morgan fingerprint density at radius 3 is 2.32 bits per heavy atom. The Balaban J connectivity index is 4.19. The molecular weight excluding hydrogens is 244 g/mol. The van der Waals surface area contributed by atoms with E-state index >= 15 is 0 Å². The first-order valence-electron chi connectivity index (χ1n) is 6.82. The average Bonchev–Trinajstić information content (AvgIpc) is 2.34. The summed E-state index contributed by atoms with van der Waals surface area (Å²) in [5.41, 5.74) is 0.489. The van der Waals surface area contributed by atoms with Gasteiger partial charge < -0.3 is 9.47 Å². The van der Waals surface area contributed by atoms with Gasteiger partial charge in [-0.1, -0.05) is 33.8 Å². The summed E-state index contributed by atoms with van der Waals surface area (Å²) in [6.45, 7) is 10.1. The summed E-state index contributed by atoms with van der Waals surface area (Å²) in [7, 11) is 1.36. The normalized spacial score (nSPS) is 12.1. The minimum atomic E-state index is -0.361. The molecule has 0 N–H and O–H groups in total. The highest BCUT2D eigenvalue weighted by Crippen LogP contribution is 2.15. The van der Waals surface area contributed by atoms with E-state index in [-0.39, 0.29) is 30.9 Å². The predicted molar refractivity (Wildman–Crippen MR) is 74.6 cm³/mol. The van der Waals surface area contributed by atoms with Crippen LogP contribution >= 0.6 is 0 Å². The summed E-state index contributed by atoms with van der Waals surface area (Å²) < 4.78 is 9.86. The van der Waals surface area contributed by atoms with Gasteiger partial charge >= 0.3 is 11.9 Å². The van der Waals surface area contributed by atoms with Gasteiger partial charge in [-0.05, 0) is 18.8 Å². The first-order valence-corrected chi connectivity index (χ1v) is 6.82. The fraction of sp³-hybridized carbons (Fsp3) is 0.733. The molecule has 0 saturated heterocycles. The van der Waals surface area contributed by atoms with Crippen molar-refractivity contribution in [2.45, 2.75) is 46.5 Å². The number of hydrogen-bond donors (Lipinski definition) is 0. The lowest BCUT2D eigenvalue weighted by molar-refractivity contribution is -0.146. The van der Waals surface area contributed by atoms with Gasteiger partial charge in [0.05, 0.1) is 20.1 Å². The number of ether oxygens (including phenoxy) is 2. The van der Waals surface area contributed by atoms with Crippen molar-refractivity contribution in [3.8, 4) is 0 Å². The van der Waals surface area contributed by atoms with Crippen molar-refractivity contribution >= 4 is 11.9 Å². The molecule has 4 nitrogen and oxygen atoms in total. The Bertz CT molecular complexity index is 307. The van der Waals surface area contributed by atoms with E-state index in [1.54, 1.807) is 0 Å². The number of esters is 2. The van der Waals surface area contributed by atoms with E-state index in [1.807, 2.05) is 20.8 Å². The van der Waals surface area contributed by atoms with E-state index in [1.165, 1.54) is 7.11 Å². The van der Waals surface area contributed by atoms with Gasteiger partial charge in [-0.25, -0.2) is 4.79 Å². The van der Waals surface area contributed by atoms with Crippen molar-refractivity contribution in [2.24, 2.45) is 11.8 Å². The second-order valence-corrected chi connectivity index (χ2v) is 5.23. The van der Waals surface area contributed by atoms with Gasteiger partial charge in [0, 0.05) is 11.5 Å². The SMILES string of the molecule is C=C(CC(C)C)C(=O)OCC(CCC)CC(=O)OC. The van der Waals surface area contributed by atoms with Gasteiger partial charge in [-0.15, -0.1) is 0 Å². The van der Waals surface area contributed by atoms with Crippen LogP contribution in [0.4, 0.5) is 0 Å². The zero-order valence-corrected chi connectivity index (χ0v) is 12.5. The highest BCUT2D eigenvalue weighted by atomic mass is 16.5. The molecule has 0 radical (unpaired) electrons. The van der Waals surface area contributed by atoms with Crippen LogP contribution in [0.5, 0.6) is 0 Å². The van der Waals surface area contributed by atoms with E-state index in [2.05, 4.69) is 11.3 Å². The van der Waals surface area contributed by atoms with Crippen LogP contribution in [0.25, 0.3) is 0 Å². The van der Waals surface area contributed by atoms with Crippen molar-refractivity contribution in [3.05, 3.63) is 12.2 Å². The summed E-state index contributed by atoms with van der Waals surface area (Å²) in [6.07, 6.45) is 2.69. The van der Waals surface area contributed by atoms with Gasteiger partial charge in [0.2, 0.25) is 0 Å². The third kappa shape index (κ3) is 8.41. The molecule has 0 spiro atoms. The molecule has 0 rings (SSSR count). The van der Waals surface area contributed by atoms with Crippen LogP contribution in [0.15, 0.2) is 12.2 Å². The summed E-state index contributed by atoms with van der Waals surface area (Å²) >= 11 is 0. The lowest BCUT2D eigenvalue weighted by Crippen LogP contribution is -2.19. The van der Waals surface area contributed by atoms with Gasteiger partial charge in [-0.2, -0.15) is 0 Å². The number of carbonyl (C=O) groups excluding carboxylic acids is 2. The molecule has 0 aromatic carbocycles. The maximum absolute atomic E-state index is 11.7. The van der Waals surface area contributed by atoms with E-state index < -0.39 is 0 Å². The molecule has 0 aliphatic rings. The summed E-state index contributed by atoms with van der Waals surface area (Å²) in [5.74, 6) is -0.231. The van der Waals surface area contributed by atoms with E-state index in [0.29, 0.717) is 17.9 Å². The maximum atomic E-state index is 11.7. The smallest absolute Gasteiger partial charge is 0.333 e. The molecule has 0 aliphatic carbocycles. The predicted octanol–water partition coefficient (Wildman–Crippen LogP) is 3.11. The molecule has 0 aromatic heterocycles. The van der Waals surface area contributed by atoms with Gasteiger partial charge in [0.1, 0.15) is 0 Å². The topological polar surface area (TPSA) is 52.6 Å². The molecule has 0 amide bonds. The van der Waals surface area contributed by atoms with E-state index in [0.717, 1.165) is 12.8 Å². The zero-order valence-electron chi connectivity index (χ0n) is 12.5. The second kappa shape index (κ2) is 9.59. The van der Waals surface area contributed by atoms with Crippen LogP contribution in [0.3, 0.4) is 0 Å². The Labute approximate surface area is 116 Å². The lowest BCUT2D eigenvalue weighted by atomic mass is 10.0.